The minimum absolute atomic E-state index is 0. The van der Waals surface area contributed by atoms with Gasteiger partial charge in [0.05, 0.1) is 0 Å². The van der Waals surface area contributed by atoms with Crippen LogP contribution in [0.2, 0.25) is 0 Å². The first-order valence-corrected chi connectivity index (χ1v) is 8.21. The van der Waals surface area contributed by atoms with Crippen molar-refractivity contribution in [2.24, 2.45) is 5.41 Å². The fraction of sp³-hybridized carbons (Fsp3) is 0.556. The van der Waals surface area contributed by atoms with Gasteiger partial charge in [-0.25, -0.2) is 0 Å². The second kappa shape index (κ2) is 8.49. The van der Waals surface area contributed by atoms with Crippen molar-refractivity contribution in [1.82, 2.24) is 5.32 Å². The number of aryl methyl sites for hydroxylation is 1. The first-order valence-electron chi connectivity index (χ1n) is 8.21. The summed E-state index contributed by atoms with van der Waals surface area (Å²) in [5, 5.41) is 9.18. The fourth-order valence-corrected chi connectivity index (χ4v) is 2.51. The Morgan fingerprint density at radius 2 is 1.96 bits per heavy atom. The number of rotatable bonds is 4. The van der Waals surface area contributed by atoms with Crippen LogP contribution in [-0.2, 0) is 9.59 Å². The zero-order chi connectivity index (χ0) is 17.0. The molecule has 1 aliphatic rings. The first kappa shape index (κ1) is 20.5. The van der Waals surface area contributed by atoms with Crippen molar-refractivity contribution >= 4 is 35.6 Å². The van der Waals surface area contributed by atoms with Crippen molar-refractivity contribution in [1.29, 1.82) is 0 Å². The molecule has 0 spiro atoms. The van der Waals surface area contributed by atoms with E-state index in [1.807, 2.05) is 45.9 Å². The van der Waals surface area contributed by atoms with E-state index in [1.165, 1.54) is 0 Å². The summed E-state index contributed by atoms with van der Waals surface area (Å²) in [7, 11) is 0. The molecule has 1 aromatic carbocycles. The highest BCUT2D eigenvalue weighted by Gasteiger charge is 2.22. The quantitative estimate of drug-likeness (QED) is 0.776. The maximum absolute atomic E-state index is 12.2. The molecule has 1 heterocycles. The summed E-state index contributed by atoms with van der Waals surface area (Å²) in [5.41, 5.74) is 1.97. The van der Waals surface area contributed by atoms with Crippen LogP contribution < -0.4 is 16.0 Å². The highest BCUT2D eigenvalue weighted by Crippen LogP contribution is 2.23. The van der Waals surface area contributed by atoms with Crippen molar-refractivity contribution in [3.8, 4) is 0 Å². The molecule has 5 nitrogen and oxygen atoms in total. The Bertz CT molecular complexity index is 590. The number of hydrogen-bond donors (Lipinski definition) is 3. The van der Waals surface area contributed by atoms with Crippen LogP contribution in [0.3, 0.4) is 0 Å². The lowest BCUT2D eigenvalue weighted by Crippen LogP contribution is -2.28. The van der Waals surface area contributed by atoms with E-state index in [2.05, 4.69) is 16.0 Å². The van der Waals surface area contributed by atoms with Crippen LogP contribution in [0.4, 0.5) is 11.4 Å². The second-order valence-corrected chi connectivity index (χ2v) is 7.28. The maximum atomic E-state index is 12.2. The van der Waals surface area contributed by atoms with Crippen molar-refractivity contribution in [3.63, 3.8) is 0 Å². The summed E-state index contributed by atoms with van der Waals surface area (Å²) in [6.45, 7) is 8.54. The molecule has 2 amide bonds. The topological polar surface area (TPSA) is 70.2 Å². The van der Waals surface area contributed by atoms with Crippen LogP contribution in [-0.4, -0.2) is 24.4 Å². The lowest BCUT2D eigenvalue weighted by Gasteiger charge is -2.19. The summed E-state index contributed by atoms with van der Waals surface area (Å²) in [6, 6.07) is 5.85. The predicted molar refractivity (Wildman–Crippen MR) is 101 cm³/mol. The number of amides is 2. The summed E-state index contributed by atoms with van der Waals surface area (Å²) in [4.78, 5) is 24.3. The van der Waals surface area contributed by atoms with Gasteiger partial charge in [0.1, 0.15) is 0 Å². The molecule has 1 atom stereocenters. The minimum Gasteiger partial charge on any atom is -0.326 e. The van der Waals surface area contributed by atoms with Gasteiger partial charge >= 0.3 is 0 Å². The molecule has 6 heteroatoms. The maximum Gasteiger partial charge on any atom is 0.229 e. The summed E-state index contributed by atoms with van der Waals surface area (Å²) >= 11 is 0. The van der Waals surface area contributed by atoms with E-state index in [9.17, 15) is 9.59 Å². The predicted octanol–water partition coefficient (Wildman–Crippen LogP) is 3.48. The fourth-order valence-electron chi connectivity index (χ4n) is 2.51. The molecular formula is C18H28ClN3O2. The third-order valence-electron chi connectivity index (χ3n) is 4.04. The molecule has 134 valence electrons. The summed E-state index contributed by atoms with van der Waals surface area (Å²) in [6.07, 6.45) is 2.66. The number of benzene rings is 1. The van der Waals surface area contributed by atoms with Gasteiger partial charge < -0.3 is 16.0 Å². The highest BCUT2D eigenvalue weighted by atomic mass is 35.5. The van der Waals surface area contributed by atoms with E-state index >= 15 is 0 Å². The van der Waals surface area contributed by atoms with E-state index in [-0.39, 0.29) is 30.3 Å². The second-order valence-electron chi connectivity index (χ2n) is 7.28. The Balaban J connectivity index is 0.00000288. The van der Waals surface area contributed by atoms with Gasteiger partial charge in [0.2, 0.25) is 11.8 Å². The zero-order valence-corrected chi connectivity index (χ0v) is 15.7. The van der Waals surface area contributed by atoms with Crippen LogP contribution in [0.25, 0.3) is 0 Å². The van der Waals surface area contributed by atoms with Gasteiger partial charge in [-0.2, -0.15) is 0 Å². The average molecular weight is 354 g/mol. The van der Waals surface area contributed by atoms with Gasteiger partial charge in [-0.15, -0.1) is 12.4 Å². The van der Waals surface area contributed by atoms with E-state index in [1.54, 1.807) is 0 Å². The molecule has 0 saturated carbocycles. The number of nitrogens with one attached hydrogen (secondary N) is 3. The molecule has 1 aliphatic heterocycles. The monoisotopic (exact) mass is 353 g/mol. The van der Waals surface area contributed by atoms with E-state index in [0.717, 1.165) is 30.6 Å². The molecule has 0 aliphatic carbocycles. The normalized spacial score (nSPS) is 17.1. The number of halogens is 1. The molecule has 2 rings (SSSR count). The Hall–Kier alpha value is -1.59. The third kappa shape index (κ3) is 5.80. The number of carbonyl (C=O) groups is 2. The zero-order valence-electron chi connectivity index (χ0n) is 14.9. The molecule has 3 N–H and O–H groups in total. The number of hydrogen-bond acceptors (Lipinski definition) is 3. The summed E-state index contributed by atoms with van der Waals surface area (Å²) < 4.78 is 0. The SMILES string of the molecule is Cc1ccc(NC(=O)C(C)(C)C)cc1NC(=O)CC1CCCN1.Cl. The largest absolute Gasteiger partial charge is 0.326 e. The molecule has 0 bridgehead atoms. The molecule has 24 heavy (non-hydrogen) atoms. The smallest absolute Gasteiger partial charge is 0.229 e. The van der Waals surface area contributed by atoms with Gasteiger partial charge in [-0.1, -0.05) is 26.8 Å². The van der Waals surface area contributed by atoms with Crippen LogP contribution in [0.1, 0.15) is 45.6 Å². The van der Waals surface area contributed by atoms with Crippen molar-refractivity contribution in [3.05, 3.63) is 23.8 Å². The lowest BCUT2D eigenvalue weighted by atomic mass is 9.95. The molecule has 1 fully saturated rings. The Kier molecular flexibility index (Phi) is 7.24. The van der Waals surface area contributed by atoms with Crippen LogP contribution in [0, 0.1) is 12.3 Å². The number of anilines is 2. The Morgan fingerprint density at radius 3 is 2.54 bits per heavy atom. The van der Waals surface area contributed by atoms with Crippen LogP contribution >= 0.6 is 12.4 Å². The van der Waals surface area contributed by atoms with Gasteiger partial charge in [-0.05, 0) is 44.0 Å². The number of carbonyl (C=O) groups excluding carboxylic acids is 2. The van der Waals surface area contributed by atoms with E-state index < -0.39 is 5.41 Å². The van der Waals surface area contributed by atoms with Crippen molar-refractivity contribution < 1.29 is 9.59 Å². The van der Waals surface area contributed by atoms with Gasteiger partial charge in [0.25, 0.3) is 0 Å². The standard InChI is InChI=1S/C18H27N3O2.ClH/c1-12-7-8-14(20-17(23)18(2,3)4)10-15(12)21-16(22)11-13-6-5-9-19-13;/h7-8,10,13,19H,5-6,9,11H2,1-4H3,(H,20,23)(H,21,22);1H. The Labute approximate surface area is 150 Å². The van der Waals surface area contributed by atoms with Gasteiger partial charge in [-0.3, -0.25) is 9.59 Å². The first-order chi connectivity index (χ1) is 10.8. The van der Waals surface area contributed by atoms with Crippen LogP contribution in [0.5, 0.6) is 0 Å². The molecule has 1 saturated heterocycles. The average Bonchev–Trinajstić information content (AvgIpc) is 2.94. The molecule has 0 aromatic heterocycles. The van der Waals surface area contributed by atoms with Gasteiger partial charge in [0, 0.05) is 29.3 Å². The van der Waals surface area contributed by atoms with Crippen molar-refractivity contribution in [2.45, 2.75) is 53.0 Å². The van der Waals surface area contributed by atoms with Crippen molar-refractivity contribution in [2.75, 3.05) is 17.2 Å². The summed E-state index contributed by atoms with van der Waals surface area (Å²) in [5.74, 6) is -0.0411. The van der Waals surface area contributed by atoms with E-state index in [4.69, 9.17) is 0 Å². The molecule has 1 aromatic rings. The lowest BCUT2D eigenvalue weighted by molar-refractivity contribution is -0.123. The van der Waals surface area contributed by atoms with Gasteiger partial charge in [0.15, 0.2) is 0 Å². The van der Waals surface area contributed by atoms with Crippen LogP contribution in [0.15, 0.2) is 18.2 Å². The molecule has 0 radical (unpaired) electrons. The Morgan fingerprint density at radius 1 is 1.25 bits per heavy atom. The minimum atomic E-state index is -0.456. The van der Waals surface area contributed by atoms with E-state index in [0.29, 0.717) is 12.1 Å². The molecular weight excluding hydrogens is 326 g/mol. The third-order valence-corrected chi connectivity index (χ3v) is 4.04. The molecule has 1 unspecified atom stereocenters. The highest BCUT2D eigenvalue weighted by molar-refractivity contribution is 5.96.